The largest absolute Gasteiger partial charge is 0.493 e. The van der Waals surface area contributed by atoms with Crippen LogP contribution in [0.3, 0.4) is 0 Å². The summed E-state index contributed by atoms with van der Waals surface area (Å²) in [5, 5.41) is 6.74. The molecule has 6 heteroatoms. The van der Waals surface area contributed by atoms with E-state index in [0.29, 0.717) is 18.1 Å². The number of benzene rings is 2. The molecule has 2 rings (SSSR count). The average molecular weight is 384 g/mol. The standard InChI is InChI=1S/C22H28N2O4/c1-6-27-19-12-11-16(13-20(19)26-5)14-23-28-15-21(25)24-18-10-8-7-9-17(18)22(2,3)4/h7-14H,6,15H2,1-5H3,(H,24,25)/b23-14+. The van der Waals surface area contributed by atoms with Crippen molar-refractivity contribution in [2.75, 3.05) is 25.6 Å². The number of hydrogen-bond donors (Lipinski definition) is 1. The summed E-state index contributed by atoms with van der Waals surface area (Å²) >= 11 is 0. The Bertz CT molecular complexity index is 826. The third-order valence-corrected chi connectivity index (χ3v) is 3.97. The van der Waals surface area contributed by atoms with Crippen LogP contribution >= 0.6 is 0 Å². The van der Waals surface area contributed by atoms with Crippen molar-refractivity contribution in [1.29, 1.82) is 0 Å². The number of anilines is 1. The molecule has 0 bridgehead atoms. The number of amides is 1. The van der Waals surface area contributed by atoms with Crippen molar-refractivity contribution in [3.05, 3.63) is 53.6 Å². The lowest BCUT2D eigenvalue weighted by Gasteiger charge is -2.22. The van der Waals surface area contributed by atoms with Crippen LogP contribution in [0.5, 0.6) is 11.5 Å². The molecule has 0 aliphatic rings. The maximum Gasteiger partial charge on any atom is 0.265 e. The number of carbonyl (C=O) groups excluding carboxylic acids is 1. The van der Waals surface area contributed by atoms with E-state index >= 15 is 0 Å². The normalized spacial score (nSPS) is 11.3. The van der Waals surface area contributed by atoms with Crippen LogP contribution in [0, 0.1) is 0 Å². The average Bonchev–Trinajstić information content (AvgIpc) is 2.66. The highest BCUT2D eigenvalue weighted by Gasteiger charge is 2.18. The fourth-order valence-electron chi connectivity index (χ4n) is 2.67. The van der Waals surface area contributed by atoms with Gasteiger partial charge in [0.15, 0.2) is 18.1 Å². The number of carbonyl (C=O) groups is 1. The molecule has 0 unspecified atom stereocenters. The summed E-state index contributed by atoms with van der Waals surface area (Å²) in [4.78, 5) is 17.3. The van der Waals surface area contributed by atoms with E-state index in [1.165, 1.54) is 6.21 Å². The minimum atomic E-state index is -0.266. The van der Waals surface area contributed by atoms with E-state index in [0.717, 1.165) is 16.8 Å². The fourth-order valence-corrected chi connectivity index (χ4v) is 2.67. The van der Waals surface area contributed by atoms with E-state index in [1.54, 1.807) is 19.2 Å². The highest BCUT2D eigenvalue weighted by Crippen LogP contribution is 2.29. The molecule has 150 valence electrons. The second kappa shape index (κ2) is 9.78. The third kappa shape index (κ3) is 6.01. The number of hydrogen-bond acceptors (Lipinski definition) is 5. The summed E-state index contributed by atoms with van der Waals surface area (Å²) in [5.41, 5.74) is 2.55. The summed E-state index contributed by atoms with van der Waals surface area (Å²) in [6.07, 6.45) is 1.52. The van der Waals surface area contributed by atoms with Gasteiger partial charge in [-0.1, -0.05) is 44.1 Å². The molecule has 0 spiro atoms. The van der Waals surface area contributed by atoms with Gasteiger partial charge in [0.1, 0.15) is 0 Å². The molecular formula is C22H28N2O4. The first-order chi connectivity index (χ1) is 13.3. The monoisotopic (exact) mass is 384 g/mol. The van der Waals surface area contributed by atoms with Crippen molar-refractivity contribution in [3.63, 3.8) is 0 Å². The van der Waals surface area contributed by atoms with Crippen LogP contribution in [0.15, 0.2) is 47.6 Å². The summed E-state index contributed by atoms with van der Waals surface area (Å²) < 4.78 is 10.8. The van der Waals surface area contributed by atoms with Crippen molar-refractivity contribution in [1.82, 2.24) is 0 Å². The number of nitrogens with zero attached hydrogens (tertiary/aromatic N) is 1. The molecule has 0 saturated heterocycles. The first kappa shape index (κ1) is 21.3. The molecule has 0 radical (unpaired) electrons. The Balaban J connectivity index is 1.92. The lowest BCUT2D eigenvalue weighted by atomic mass is 9.86. The van der Waals surface area contributed by atoms with Gasteiger partial charge in [-0.25, -0.2) is 0 Å². The predicted octanol–water partition coefficient (Wildman–Crippen LogP) is 4.38. The molecule has 1 amide bonds. The molecule has 0 aliphatic heterocycles. The molecule has 0 atom stereocenters. The van der Waals surface area contributed by atoms with Gasteiger partial charge >= 0.3 is 0 Å². The molecule has 1 N–H and O–H groups in total. The summed E-state index contributed by atoms with van der Waals surface area (Å²) in [7, 11) is 1.58. The highest BCUT2D eigenvalue weighted by molar-refractivity contribution is 5.92. The quantitative estimate of drug-likeness (QED) is 0.542. The number of ether oxygens (including phenoxy) is 2. The number of nitrogens with one attached hydrogen (secondary N) is 1. The zero-order valence-electron chi connectivity index (χ0n) is 17.1. The van der Waals surface area contributed by atoms with Gasteiger partial charge in [0.2, 0.25) is 0 Å². The number of methoxy groups -OCH3 is 1. The van der Waals surface area contributed by atoms with Crippen LogP contribution in [0.1, 0.15) is 38.8 Å². The third-order valence-electron chi connectivity index (χ3n) is 3.97. The zero-order chi connectivity index (χ0) is 20.6. The topological polar surface area (TPSA) is 69.2 Å². The Hall–Kier alpha value is -3.02. The minimum Gasteiger partial charge on any atom is -0.493 e. The smallest absolute Gasteiger partial charge is 0.265 e. The molecule has 0 aromatic heterocycles. The summed E-state index contributed by atoms with van der Waals surface area (Å²) in [6.45, 7) is 8.59. The van der Waals surface area contributed by atoms with Gasteiger partial charge in [-0.15, -0.1) is 0 Å². The van der Waals surface area contributed by atoms with Crippen molar-refractivity contribution >= 4 is 17.8 Å². The Labute approximate surface area is 166 Å². The molecule has 2 aromatic carbocycles. The Morgan fingerprint density at radius 3 is 2.57 bits per heavy atom. The highest BCUT2D eigenvalue weighted by atomic mass is 16.6. The second-order valence-electron chi connectivity index (χ2n) is 7.20. The maximum absolute atomic E-state index is 12.2. The molecule has 0 aliphatic carbocycles. The van der Waals surface area contributed by atoms with E-state index in [1.807, 2.05) is 37.3 Å². The molecular weight excluding hydrogens is 356 g/mol. The van der Waals surface area contributed by atoms with Crippen LogP contribution in [-0.2, 0) is 15.0 Å². The van der Waals surface area contributed by atoms with Gasteiger partial charge in [-0.3, -0.25) is 4.79 Å². The van der Waals surface area contributed by atoms with Crippen LogP contribution < -0.4 is 14.8 Å². The number of oxime groups is 1. The molecule has 2 aromatic rings. The van der Waals surface area contributed by atoms with Gasteiger partial charge in [0, 0.05) is 11.3 Å². The van der Waals surface area contributed by atoms with Gasteiger partial charge in [-0.2, -0.15) is 0 Å². The molecule has 0 fully saturated rings. The number of para-hydroxylation sites is 1. The van der Waals surface area contributed by atoms with Crippen molar-refractivity contribution in [2.45, 2.75) is 33.1 Å². The first-order valence-corrected chi connectivity index (χ1v) is 9.20. The Morgan fingerprint density at radius 1 is 1.14 bits per heavy atom. The van der Waals surface area contributed by atoms with E-state index < -0.39 is 0 Å². The van der Waals surface area contributed by atoms with Gasteiger partial charge in [0.25, 0.3) is 5.91 Å². The summed E-state index contributed by atoms with van der Waals surface area (Å²) in [5.74, 6) is 1.01. The molecule has 0 heterocycles. The van der Waals surface area contributed by atoms with Crippen molar-refractivity contribution in [3.8, 4) is 11.5 Å². The van der Waals surface area contributed by atoms with Gasteiger partial charge in [0.05, 0.1) is 19.9 Å². The van der Waals surface area contributed by atoms with Crippen LogP contribution in [0.4, 0.5) is 5.69 Å². The Kier molecular flexibility index (Phi) is 7.44. The lowest BCUT2D eigenvalue weighted by Crippen LogP contribution is -2.21. The van der Waals surface area contributed by atoms with Crippen LogP contribution in [-0.4, -0.2) is 32.4 Å². The maximum atomic E-state index is 12.2. The first-order valence-electron chi connectivity index (χ1n) is 9.20. The second-order valence-corrected chi connectivity index (χ2v) is 7.20. The van der Waals surface area contributed by atoms with E-state index in [9.17, 15) is 4.79 Å². The summed E-state index contributed by atoms with van der Waals surface area (Å²) in [6, 6.07) is 13.2. The van der Waals surface area contributed by atoms with E-state index in [-0.39, 0.29) is 17.9 Å². The van der Waals surface area contributed by atoms with Crippen LogP contribution in [0.25, 0.3) is 0 Å². The lowest BCUT2D eigenvalue weighted by molar-refractivity contribution is -0.120. The van der Waals surface area contributed by atoms with Crippen molar-refractivity contribution in [2.24, 2.45) is 5.16 Å². The van der Waals surface area contributed by atoms with Crippen molar-refractivity contribution < 1.29 is 19.1 Å². The minimum absolute atomic E-state index is 0.0738. The predicted molar refractivity (Wildman–Crippen MR) is 111 cm³/mol. The zero-order valence-corrected chi connectivity index (χ0v) is 17.1. The SMILES string of the molecule is CCOc1ccc(/C=N/OCC(=O)Nc2ccccc2C(C)(C)C)cc1OC. The van der Waals surface area contributed by atoms with Gasteiger partial charge in [-0.05, 0) is 42.2 Å². The number of rotatable bonds is 8. The Morgan fingerprint density at radius 2 is 1.89 bits per heavy atom. The fraction of sp³-hybridized carbons (Fsp3) is 0.364. The molecule has 6 nitrogen and oxygen atoms in total. The van der Waals surface area contributed by atoms with Crippen LogP contribution in [0.2, 0.25) is 0 Å². The van der Waals surface area contributed by atoms with Gasteiger partial charge < -0.3 is 19.6 Å². The molecule has 0 saturated carbocycles. The van der Waals surface area contributed by atoms with E-state index in [4.69, 9.17) is 14.3 Å². The molecule has 28 heavy (non-hydrogen) atoms. The van der Waals surface area contributed by atoms with E-state index in [2.05, 4.69) is 31.2 Å².